The van der Waals surface area contributed by atoms with Crippen LogP contribution >= 0.6 is 0 Å². The first-order valence-electron chi connectivity index (χ1n) is 5.69. The predicted octanol–water partition coefficient (Wildman–Crippen LogP) is 2.15. The molecular formula is C13H18N2O3. The Bertz CT molecular complexity index is 438. The fraction of sp³-hybridized carbons (Fsp3) is 0.462. The van der Waals surface area contributed by atoms with Gasteiger partial charge in [-0.1, -0.05) is 0 Å². The molecule has 0 radical (unpaired) electrons. The molecule has 1 heterocycles. The molecular weight excluding hydrogens is 232 g/mol. The lowest BCUT2D eigenvalue weighted by Gasteiger charge is -2.21. The lowest BCUT2D eigenvalue weighted by molar-refractivity contribution is -0.109. The fourth-order valence-corrected chi connectivity index (χ4v) is 1.34. The van der Waals surface area contributed by atoms with Crippen molar-refractivity contribution in [3.63, 3.8) is 0 Å². The van der Waals surface area contributed by atoms with Crippen LogP contribution in [0.2, 0.25) is 0 Å². The molecule has 0 aliphatic rings. The molecule has 0 bridgehead atoms. The molecule has 1 unspecified atom stereocenters. The molecule has 5 nitrogen and oxygen atoms in total. The van der Waals surface area contributed by atoms with Crippen molar-refractivity contribution in [3.05, 3.63) is 29.6 Å². The number of amides is 1. The van der Waals surface area contributed by atoms with Gasteiger partial charge < -0.3 is 14.8 Å². The third kappa shape index (κ3) is 4.53. The highest BCUT2D eigenvalue weighted by atomic mass is 16.6. The minimum absolute atomic E-state index is 0.496. The molecule has 1 atom stereocenters. The van der Waals surface area contributed by atoms with Crippen LogP contribution in [0.1, 0.15) is 38.1 Å². The second-order valence-electron chi connectivity index (χ2n) is 5.02. The number of carbonyl (C=O) groups is 2. The maximum Gasteiger partial charge on any atom is 0.408 e. The van der Waals surface area contributed by atoms with Gasteiger partial charge in [-0.15, -0.1) is 0 Å². The highest BCUT2D eigenvalue weighted by Gasteiger charge is 2.20. The van der Waals surface area contributed by atoms with E-state index in [2.05, 4.69) is 10.3 Å². The van der Waals surface area contributed by atoms with E-state index in [0.717, 1.165) is 5.56 Å². The van der Waals surface area contributed by atoms with E-state index >= 15 is 0 Å². The summed E-state index contributed by atoms with van der Waals surface area (Å²) in [6.07, 6.45) is 1.59. The molecule has 0 aliphatic carbocycles. The molecule has 0 aliphatic heterocycles. The number of ether oxygens (including phenoxy) is 1. The monoisotopic (exact) mass is 250 g/mol. The first kappa shape index (κ1) is 14.2. The molecule has 18 heavy (non-hydrogen) atoms. The summed E-state index contributed by atoms with van der Waals surface area (Å²) in [5.74, 6) is 0. The van der Waals surface area contributed by atoms with Gasteiger partial charge in [0, 0.05) is 6.20 Å². The number of aldehydes is 1. The summed E-state index contributed by atoms with van der Waals surface area (Å²) in [5.41, 5.74) is 0.867. The average Bonchev–Trinajstić information content (AvgIpc) is 2.23. The number of alkyl carbamates (subject to hydrolysis) is 1. The van der Waals surface area contributed by atoms with Gasteiger partial charge in [0.2, 0.25) is 0 Å². The van der Waals surface area contributed by atoms with Gasteiger partial charge in [0.15, 0.2) is 0 Å². The Balaban J connectivity index is 2.74. The van der Waals surface area contributed by atoms with E-state index in [4.69, 9.17) is 4.74 Å². The number of rotatable bonds is 3. The van der Waals surface area contributed by atoms with E-state index in [1.165, 1.54) is 0 Å². The summed E-state index contributed by atoms with van der Waals surface area (Å²) in [5, 5.41) is 2.48. The zero-order valence-corrected chi connectivity index (χ0v) is 11.1. The molecule has 0 fully saturated rings. The van der Waals surface area contributed by atoms with E-state index in [0.29, 0.717) is 12.0 Å². The van der Waals surface area contributed by atoms with E-state index < -0.39 is 17.7 Å². The molecule has 5 heteroatoms. The standard InChI is InChI=1S/C13H18N2O3/c1-9-5-6-14-10(7-9)11(8-16)15-12(17)18-13(2,3)4/h5-8,11H,1-4H3,(H,15,17). The van der Waals surface area contributed by atoms with Crippen LogP contribution < -0.4 is 5.32 Å². The summed E-state index contributed by atoms with van der Waals surface area (Å²) >= 11 is 0. The minimum atomic E-state index is -0.792. The number of pyridine rings is 1. The van der Waals surface area contributed by atoms with Crippen molar-refractivity contribution in [2.45, 2.75) is 39.3 Å². The van der Waals surface area contributed by atoms with Gasteiger partial charge in [-0.3, -0.25) is 4.98 Å². The molecule has 0 spiro atoms. The first-order chi connectivity index (χ1) is 8.31. The number of hydrogen-bond acceptors (Lipinski definition) is 4. The third-order valence-electron chi connectivity index (χ3n) is 2.06. The van der Waals surface area contributed by atoms with Crippen molar-refractivity contribution in [1.29, 1.82) is 0 Å². The van der Waals surface area contributed by atoms with Crippen LogP contribution in [0.15, 0.2) is 18.3 Å². The zero-order valence-electron chi connectivity index (χ0n) is 11.1. The van der Waals surface area contributed by atoms with Crippen LogP contribution in [0, 0.1) is 6.92 Å². The number of nitrogens with one attached hydrogen (secondary N) is 1. The molecule has 0 saturated heterocycles. The van der Waals surface area contributed by atoms with E-state index in [-0.39, 0.29) is 0 Å². The van der Waals surface area contributed by atoms with Gasteiger partial charge in [0.05, 0.1) is 5.69 Å². The topological polar surface area (TPSA) is 68.3 Å². The lowest BCUT2D eigenvalue weighted by Crippen LogP contribution is -2.35. The van der Waals surface area contributed by atoms with Crippen molar-refractivity contribution < 1.29 is 14.3 Å². The summed E-state index contributed by atoms with van der Waals surface area (Å²) in [6.45, 7) is 7.16. The largest absolute Gasteiger partial charge is 0.444 e. The van der Waals surface area contributed by atoms with E-state index in [9.17, 15) is 9.59 Å². The van der Waals surface area contributed by atoms with Crippen LogP contribution in [0.5, 0.6) is 0 Å². The van der Waals surface area contributed by atoms with Crippen LogP contribution in [0.3, 0.4) is 0 Å². The van der Waals surface area contributed by atoms with Gasteiger partial charge >= 0.3 is 6.09 Å². The number of aryl methyl sites for hydroxylation is 1. The zero-order chi connectivity index (χ0) is 13.8. The molecule has 1 N–H and O–H groups in total. The SMILES string of the molecule is Cc1ccnc(C(C=O)NC(=O)OC(C)(C)C)c1. The normalized spacial score (nSPS) is 12.7. The quantitative estimate of drug-likeness (QED) is 0.835. The average molecular weight is 250 g/mol. The molecule has 0 aromatic carbocycles. The highest BCUT2D eigenvalue weighted by Crippen LogP contribution is 2.12. The fourth-order valence-electron chi connectivity index (χ4n) is 1.34. The lowest BCUT2D eigenvalue weighted by atomic mass is 10.1. The number of carbonyl (C=O) groups excluding carboxylic acids is 2. The highest BCUT2D eigenvalue weighted by molar-refractivity contribution is 5.74. The molecule has 1 aromatic rings. The maximum absolute atomic E-state index is 11.6. The van der Waals surface area contributed by atoms with Crippen molar-refractivity contribution in [2.75, 3.05) is 0 Å². The summed E-state index contributed by atoms with van der Waals surface area (Å²) in [6, 6.07) is 2.77. The van der Waals surface area contributed by atoms with E-state index in [1.54, 1.807) is 33.0 Å². The molecule has 1 aromatic heterocycles. The third-order valence-corrected chi connectivity index (χ3v) is 2.06. The van der Waals surface area contributed by atoms with Crippen molar-refractivity contribution in [1.82, 2.24) is 10.3 Å². The first-order valence-corrected chi connectivity index (χ1v) is 5.69. The van der Waals surface area contributed by atoms with Gasteiger partial charge in [0.1, 0.15) is 17.9 Å². The summed E-state index contributed by atoms with van der Waals surface area (Å²) in [7, 11) is 0. The second kappa shape index (κ2) is 5.62. The Morgan fingerprint density at radius 3 is 2.67 bits per heavy atom. The maximum atomic E-state index is 11.6. The Kier molecular flexibility index (Phi) is 4.42. The molecule has 1 amide bonds. The smallest absolute Gasteiger partial charge is 0.408 e. The van der Waals surface area contributed by atoms with Gasteiger partial charge in [-0.25, -0.2) is 4.79 Å². The van der Waals surface area contributed by atoms with E-state index in [1.807, 2.05) is 13.0 Å². The molecule has 1 rings (SSSR count). The van der Waals surface area contributed by atoms with Crippen LogP contribution in [-0.4, -0.2) is 23.0 Å². The second-order valence-corrected chi connectivity index (χ2v) is 5.02. The van der Waals surface area contributed by atoms with Crippen LogP contribution in [-0.2, 0) is 9.53 Å². The summed E-state index contributed by atoms with van der Waals surface area (Å²) in [4.78, 5) is 26.6. The number of aromatic nitrogens is 1. The Hall–Kier alpha value is -1.91. The predicted molar refractivity (Wildman–Crippen MR) is 67.1 cm³/mol. The Morgan fingerprint density at radius 2 is 2.17 bits per heavy atom. The van der Waals surface area contributed by atoms with Crippen molar-refractivity contribution in [3.8, 4) is 0 Å². The van der Waals surface area contributed by atoms with Gasteiger partial charge in [-0.2, -0.15) is 0 Å². The summed E-state index contributed by atoms with van der Waals surface area (Å²) < 4.78 is 5.09. The van der Waals surface area contributed by atoms with Crippen molar-refractivity contribution >= 4 is 12.4 Å². The van der Waals surface area contributed by atoms with Crippen LogP contribution in [0.25, 0.3) is 0 Å². The Labute approximate surface area is 107 Å². The van der Waals surface area contributed by atoms with Crippen LogP contribution in [0.4, 0.5) is 4.79 Å². The van der Waals surface area contributed by atoms with Gasteiger partial charge in [-0.05, 0) is 45.4 Å². The minimum Gasteiger partial charge on any atom is -0.444 e. The Morgan fingerprint density at radius 1 is 1.50 bits per heavy atom. The van der Waals surface area contributed by atoms with Crippen molar-refractivity contribution in [2.24, 2.45) is 0 Å². The number of nitrogens with zero attached hydrogens (tertiary/aromatic N) is 1. The van der Waals surface area contributed by atoms with Gasteiger partial charge in [0.25, 0.3) is 0 Å². The molecule has 98 valence electrons. The molecule has 0 saturated carbocycles. The number of hydrogen-bond donors (Lipinski definition) is 1.